The molecule has 1 saturated heterocycles. The average molecular weight is 221 g/mol. The van der Waals surface area contributed by atoms with Crippen LogP contribution in [0, 0.1) is 0 Å². The Balaban J connectivity index is 1.83. The maximum absolute atomic E-state index is 5.08. The predicted molar refractivity (Wildman–Crippen MR) is 64.9 cm³/mol. The SMILES string of the molecule is COc1cc(NCC2CCCCN2)ccn1. The highest BCUT2D eigenvalue weighted by Gasteiger charge is 2.11. The van der Waals surface area contributed by atoms with Crippen molar-refractivity contribution in [2.24, 2.45) is 0 Å². The van der Waals surface area contributed by atoms with Crippen molar-refractivity contribution in [3.8, 4) is 5.88 Å². The first-order valence-electron chi connectivity index (χ1n) is 5.86. The Morgan fingerprint density at radius 3 is 3.25 bits per heavy atom. The van der Waals surface area contributed by atoms with Crippen LogP contribution in [0.4, 0.5) is 5.69 Å². The van der Waals surface area contributed by atoms with Crippen LogP contribution in [0.15, 0.2) is 18.3 Å². The zero-order valence-corrected chi connectivity index (χ0v) is 9.70. The molecule has 0 radical (unpaired) electrons. The minimum Gasteiger partial charge on any atom is -0.481 e. The number of hydrogen-bond acceptors (Lipinski definition) is 4. The van der Waals surface area contributed by atoms with Gasteiger partial charge in [0, 0.05) is 30.5 Å². The zero-order chi connectivity index (χ0) is 11.2. The number of pyridine rings is 1. The molecule has 1 aliphatic rings. The van der Waals surface area contributed by atoms with Crippen molar-refractivity contribution in [2.45, 2.75) is 25.3 Å². The molecule has 0 bridgehead atoms. The first-order valence-corrected chi connectivity index (χ1v) is 5.86. The van der Waals surface area contributed by atoms with E-state index >= 15 is 0 Å². The van der Waals surface area contributed by atoms with Gasteiger partial charge in [-0.2, -0.15) is 0 Å². The number of ether oxygens (including phenoxy) is 1. The van der Waals surface area contributed by atoms with Crippen LogP contribution in [0.25, 0.3) is 0 Å². The number of piperidine rings is 1. The number of nitrogens with one attached hydrogen (secondary N) is 2. The van der Waals surface area contributed by atoms with E-state index in [4.69, 9.17) is 4.74 Å². The quantitative estimate of drug-likeness (QED) is 0.811. The number of rotatable bonds is 4. The van der Waals surface area contributed by atoms with Gasteiger partial charge in [-0.15, -0.1) is 0 Å². The van der Waals surface area contributed by atoms with Gasteiger partial charge in [0.25, 0.3) is 0 Å². The topological polar surface area (TPSA) is 46.2 Å². The molecule has 1 atom stereocenters. The van der Waals surface area contributed by atoms with Gasteiger partial charge in [-0.25, -0.2) is 4.98 Å². The second-order valence-corrected chi connectivity index (χ2v) is 4.11. The van der Waals surface area contributed by atoms with Gasteiger partial charge in [0.1, 0.15) is 0 Å². The Morgan fingerprint density at radius 1 is 1.56 bits per heavy atom. The number of aromatic nitrogens is 1. The lowest BCUT2D eigenvalue weighted by molar-refractivity contribution is 0.397. The van der Waals surface area contributed by atoms with Gasteiger partial charge in [0.15, 0.2) is 0 Å². The van der Waals surface area contributed by atoms with Crippen LogP contribution in [0.5, 0.6) is 5.88 Å². The van der Waals surface area contributed by atoms with E-state index in [9.17, 15) is 0 Å². The van der Waals surface area contributed by atoms with E-state index in [1.54, 1.807) is 13.3 Å². The van der Waals surface area contributed by atoms with Gasteiger partial charge in [-0.1, -0.05) is 6.42 Å². The third-order valence-electron chi connectivity index (χ3n) is 2.91. The molecule has 4 heteroatoms. The molecule has 0 spiro atoms. The largest absolute Gasteiger partial charge is 0.481 e. The van der Waals surface area contributed by atoms with Crippen molar-refractivity contribution in [3.05, 3.63) is 18.3 Å². The van der Waals surface area contributed by atoms with Crippen LogP contribution in [0.1, 0.15) is 19.3 Å². The van der Waals surface area contributed by atoms with Crippen LogP contribution in [0.3, 0.4) is 0 Å². The minimum absolute atomic E-state index is 0.591. The Bertz CT molecular complexity index is 324. The molecule has 1 aliphatic heterocycles. The molecule has 0 saturated carbocycles. The van der Waals surface area contributed by atoms with Gasteiger partial charge in [-0.3, -0.25) is 0 Å². The third kappa shape index (κ3) is 3.10. The molecule has 4 nitrogen and oxygen atoms in total. The second-order valence-electron chi connectivity index (χ2n) is 4.11. The summed E-state index contributed by atoms with van der Waals surface area (Å²) in [5, 5.41) is 6.92. The second kappa shape index (κ2) is 5.70. The van der Waals surface area contributed by atoms with Crippen molar-refractivity contribution in [1.82, 2.24) is 10.3 Å². The monoisotopic (exact) mass is 221 g/mol. The minimum atomic E-state index is 0.591. The molecule has 16 heavy (non-hydrogen) atoms. The van der Waals surface area contributed by atoms with Crippen LogP contribution >= 0.6 is 0 Å². The number of methoxy groups -OCH3 is 1. The molecular weight excluding hydrogens is 202 g/mol. The highest BCUT2D eigenvalue weighted by atomic mass is 16.5. The number of nitrogens with zero attached hydrogens (tertiary/aromatic N) is 1. The van der Waals surface area contributed by atoms with Gasteiger partial charge >= 0.3 is 0 Å². The summed E-state index contributed by atoms with van der Waals surface area (Å²) in [4.78, 5) is 4.07. The maximum atomic E-state index is 5.08. The lowest BCUT2D eigenvalue weighted by Gasteiger charge is -2.24. The van der Waals surface area contributed by atoms with Crippen molar-refractivity contribution in [1.29, 1.82) is 0 Å². The summed E-state index contributed by atoms with van der Waals surface area (Å²) in [6.45, 7) is 2.11. The molecule has 2 heterocycles. The van der Waals surface area contributed by atoms with Crippen molar-refractivity contribution >= 4 is 5.69 Å². The number of hydrogen-bond donors (Lipinski definition) is 2. The van der Waals surface area contributed by atoms with Gasteiger partial charge < -0.3 is 15.4 Å². The van der Waals surface area contributed by atoms with E-state index in [1.807, 2.05) is 12.1 Å². The summed E-state index contributed by atoms with van der Waals surface area (Å²) in [5.41, 5.74) is 1.07. The van der Waals surface area contributed by atoms with E-state index in [-0.39, 0.29) is 0 Å². The molecule has 2 N–H and O–H groups in total. The molecule has 1 aromatic heterocycles. The smallest absolute Gasteiger partial charge is 0.214 e. The lowest BCUT2D eigenvalue weighted by Crippen LogP contribution is -2.39. The normalized spacial score (nSPS) is 20.4. The van der Waals surface area contributed by atoms with E-state index in [2.05, 4.69) is 15.6 Å². The van der Waals surface area contributed by atoms with E-state index in [1.165, 1.54) is 19.3 Å². The fraction of sp³-hybridized carbons (Fsp3) is 0.583. The fourth-order valence-electron chi connectivity index (χ4n) is 1.97. The van der Waals surface area contributed by atoms with Gasteiger partial charge in [0.2, 0.25) is 5.88 Å². The molecule has 2 rings (SSSR count). The molecule has 0 amide bonds. The fourth-order valence-corrected chi connectivity index (χ4v) is 1.97. The van der Waals surface area contributed by atoms with E-state index in [0.29, 0.717) is 11.9 Å². The molecule has 1 aromatic rings. The average Bonchev–Trinajstić information content (AvgIpc) is 2.38. The Hall–Kier alpha value is -1.29. The Kier molecular flexibility index (Phi) is 3.99. The molecule has 1 unspecified atom stereocenters. The van der Waals surface area contributed by atoms with Crippen LogP contribution in [-0.2, 0) is 0 Å². The highest BCUT2D eigenvalue weighted by Crippen LogP contribution is 2.14. The van der Waals surface area contributed by atoms with Crippen molar-refractivity contribution in [2.75, 3.05) is 25.5 Å². The van der Waals surface area contributed by atoms with Crippen molar-refractivity contribution < 1.29 is 4.74 Å². The summed E-state index contributed by atoms with van der Waals surface area (Å²) in [7, 11) is 1.63. The summed E-state index contributed by atoms with van der Waals surface area (Å²) in [6.07, 6.45) is 5.66. The molecule has 0 aromatic carbocycles. The maximum Gasteiger partial charge on any atom is 0.214 e. The van der Waals surface area contributed by atoms with E-state index in [0.717, 1.165) is 18.8 Å². The molecule has 1 fully saturated rings. The van der Waals surface area contributed by atoms with E-state index < -0.39 is 0 Å². The summed E-state index contributed by atoms with van der Waals surface area (Å²) >= 11 is 0. The Labute approximate surface area is 96.4 Å². The first-order chi connectivity index (χ1) is 7.88. The van der Waals surface area contributed by atoms with Crippen LogP contribution in [-0.4, -0.2) is 31.2 Å². The molecule has 0 aliphatic carbocycles. The van der Waals surface area contributed by atoms with Crippen LogP contribution in [0.2, 0.25) is 0 Å². The standard InChI is InChI=1S/C12H19N3O/c1-16-12-8-10(5-7-14-12)15-9-11-4-2-3-6-13-11/h5,7-8,11,13H,2-4,6,9H2,1H3,(H,14,15). The molecule has 88 valence electrons. The first kappa shape index (κ1) is 11.2. The van der Waals surface area contributed by atoms with Crippen LogP contribution < -0.4 is 15.4 Å². The Morgan fingerprint density at radius 2 is 2.50 bits per heavy atom. The summed E-state index contributed by atoms with van der Waals surface area (Å²) in [6, 6.07) is 4.47. The molecular formula is C12H19N3O. The summed E-state index contributed by atoms with van der Waals surface area (Å²) < 4.78 is 5.08. The third-order valence-corrected chi connectivity index (χ3v) is 2.91. The van der Waals surface area contributed by atoms with Gasteiger partial charge in [0.05, 0.1) is 7.11 Å². The lowest BCUT2D eigenvalue weighted by atomic mass is 10.1. The predicted octanol–water partition coefficient (Wildman–Crippen LogP) is 1.64. The summed E-state index contributed by atoms with van der Waals surface area (Å²) in [5.74, 6) is 0.654. The number of anilines is 1. The van der Waals surface area contributed by atoms with Crippen molar-refractivity contribution in [3.63, 3.8) is 0 Å². The zero-order valence-electron chi connectivity index (χ0n) is 9.70. The highest BCUT2D eigenvalue weighted by molar-refractivity contribution is 5.45. The van der Waals surface area contributed by atoms with Gasteiger partial charge in [-0.05, 0) is 25.5 Å².